The van der Waals surface area contributed by atoms with Crippen LogP contribution in [0.15, 0.2) is 9.98 Å². The van der Waals surface area contributed by atoms with E-state index < -0.39 is 31.3 Å². The molecule has 0 aromatic heterocycles. The molecule has 0 spiro atoms. The molecule has 1 saturated carbocycles. The maximum atomic E-state index is 10.7. The van der Waals surface area contributed by atoms with Gasteiger partial charge in [0.05, 0.1) is 12.1 Å². The molecule has 0 saturated heterocycles. The second-order valence-electron chi connectivity index (χ2n) is 5.08. The number of halogens is 6. The monoisotopic (exact) mass is 529 g/mol. The van der Waals surface area contributed by atoms with Gasteiger partial charge in [-0.1, -0.05) is 12.8 Å². The molecule has 1 aliphatic rings. The third-order valence-electron chi connectivity index (χ3n) is 2.96. The topological polar surface area (TPSA) is 133 Å². The second kappa shape index (κ2) is 13.5. The third-order valence-corrected chi connectivity index (χ3v) is 4.13. The van der Waals surface area contributed by atoms with Crippen molar-refractivity contribution >= 4 is 32.7 Å². The van der Waals surface area contributed by atoms with Gasteiger partial charge in [0.15, 0.2) is 0 Å². The summed E-state index contributed by atoms with van der Waals surface area (Å²) in [7, 11) is -11.7. The van der Waals surface area contributed by atoms with E-state index in [9.17, 15) is 26.3 Å². The Morgan fingerprint density at radius 1 is 0.759 bits per heavy atom. The van der Waals surface area contributed by atoms with Gasteiger partial charge in [-0.2, -0.15) is 43.2 Å². The van der Waals surface area contributed by atoms with E-state index in [-0.39, 0.29) is 17.1 Å². The van der Waals surface area contributed by atoms with Crippen molar-refractivity contribution in [1.82, 2.24) is 0 Å². The molecule has 0 bridgehead atoms. The Morgan fingerprint density at radius 3 is 1.10 bits per heavy atom. The quantitative estimate of drug-likeness (QED) is 0.185. The van der Waals surface area contributed by atoms with Gasteiger partial charge in [0.1, 0.15) is 0 Å². The average molecular weight is 530 g/mol. The van der Waals surface area contributed by atoms with Gasteiger partial charge in [-0.15, -0.1) is 0 Å². The maximum absolute atomic E-state index is 10.7. The molecule has 17 heteroatoms. The molecule has 1 radical (unpaired) electrons. The first kappa shape index (κ1) is 32.9. The summed E-state index contributed by atoms with van der Waals surface area (Å²) in [6.45, 7) is 3.97. The first-order chi connectivity index (χ1) is 12.4. The summed E-state index contributed by atoms with van der Waals surface area (Å²) in [6.07, 6.45) is 8.89. The Balaban J connectivity index is -0.000000357. The molecule has 0 amide bonds. The Labute approximate surface area is 174 Å². The maximum Gasteiger partial charge on any atom is 0.522 e. The van der Waals surface area contributed by atoms with Crippen LogP contribution in [-0.4, -0.2) is 61.5 Å². The molecule has 2 atom stereocenters. The van der Waals surface area contributed by atoms with E-state index in [1.807, 2.05) is 26.3 Å². The summed E-state index contributed by atoms with van der Waals surface area (Å²) >= 11 is 0. The summed E-state index contributed by atoms with van der Waals surface area (Å²) < 4.78 is 115. The normalized spacial score (nSPS) is 20.9. The fourth-order valence-electron chi connectivity index (χ4n) is 1.82. The van der Waals surface area contributed by atoms with Crippen LogP contribution in [0, 0.1) is 0 Å². The van der Waals surface area contributed by atoms with Crippen molar-refractivity contribution < 1.29 is 69.4 Å². The van der Waals surface area contributed by atoms with Gasteiger partial charge in [0, 0.05) is 17.1 Å². The standard InChI is InChI=1S/C10H18N2.2CHF3O3S.Cu/c1-3-11-9-7-5-6-8-10(9)12-4-2;2*2-1(3,4)8(5,6)7;/h3-4,9-10H,5-8H2,1-2H3;2*(H,5,6,7);/t9-,10?;;;/m0.../s1. The number of nitrogens with zero attached hydrogens (tertiary/aromatic N) is 2. The van der Waals surface area contributed by atoms with Crippen molar-refractivity contribution in [1.29, 1.82) is 0 Å². The van der Waals surface area contributed by atoms with E-state index in [1.54, 1.807) is 0 Å². The molecular weight excluding hydrogens is 510 g/mol. The summed E-state index contributed by atoms with van der Waals surface area (Å²) in [6, 6.07) is 0.917. The van der Waals surface area contributed by atoms with E-state index in [0.29, 0.717) is 12.1 Å². The number of alkyl halides is 6. The van der Waals surface area contributed by atoms with Crippen molar-refractivity contribution in [3.8, 4) is 0 Å². The van der Waals surface area contributed by atoms with Crippen LogP contribution in [-0.2, 0) is 37.3 Å². The molecule has 1 rings (SSSR count). The van der Waals surface area contributed by atoms with Crippen LogP contribution in [0.25, 0.3) is 0 Å². The first-order valence-electron chi connectivity index (χ1n) is 7.41. The Bertz CT molecular complexity index is 660. The number of hydrogen-bond acceptors (Lipinski definition) is 6. The Morgan fingerprint density at radius 2 is 0.966 bits per heavy atom. The molecule has 0 aliphatic heterocycles. The van der Waals surface area contributed by atoms with Gasteiger partial charge in [-0.3, -0.25) is 19.1 Å². The molecule has 1 aliphatic carbocycles. The van der Waals surface area contributed by atoms with E-state index in [4.69, 9.17) is 25.9 Å². The summed E-state index contributed by atoms with van der Waals surface area (Å²) in [5.41, 5.74) is -11.1. The van der Waals surface area contributed by atoms with Gasteiger partial charge in [0.25, 0.3) is 0 Å². The molecule has 179 valence electrons. The predicted molar refractivity (Wildman–Crippen MR) is 89.6 cm³/mol. The molecule has 0 aromatic carbocycles. The van der Waals surface area contributed by atoms with Crippen molar-refractivity contribution in [2.45, 2.75) is 62.6 Å². The fraction of sp³-hybridized carbons (Fsp3) is 0.833. The zero-order chi connectivity index (χ0) is 22.8. The molecule has 8 nitrogen and oxygen atoms in total. The molecule has 1 fully saturated rings. The zero-order valence-electron chi connectivity index (χ0n) is 14.9. The van der Waals surface area contributed by atoms with Crippen LogP contribution < -0.4 is 0 Å². The van der Waals surface area contributed by atoms with Gasteiger partial charge >= 0.3 is 31.3 Å². The minimum Gasteiger partial charge on any atom is -0.292 e. The second-order valence-corrected chi connectivity index (χ2v) is 7.90. The van der Waals surface area contributed by atoms with Gasteiger partial charge in [-0.05, 0) is 39.1 Å². The van der Waals surface area contributed by atoms with Crippen LogP contribution >= 0.6 is 0 Å². The molecule has 2 N–H and O–H groups in total. The largest absolute Gasteiger partial charge is 0.522 e. The number of aliphatic imine (C=N–C) groups is 2. The Hall–Kier alpha value is -0.741. The first-order valence-corrected chi connectivity index (χ1v) is 10.3. The minimum absolute atomic E-state index is 0. The number of hydrogen-bond donors (Lipinski definition) is 2. The summed E-state index contributed by atoms with van der Waals surface area (Å²) in [4.78, 5) is 8.89. The number of rotatable bonds is 2. The molecule has 1 unspecified atom stereocenters. The SMILES string of the molecule is CC=NC1CCCC[C@@H]1N=CC.O=S(=O)(O)C(F)(F)F.O=S(=O)(O)C(F)(F)F.[Cu]. The van der Waals surface area contributed by atoms with Crippen LogP contribution in [0.4, 0.5) is 26.3 Å². The van der Waals surface area contributed by atoms with E-state index in [2.05, 4.69) is 9.98 Å². The third kappa shape index (κ3) is 14.8. The summed E-state index contributed by atoms with van der Waals surface area (Å²) in [5, 5.41) is 0. The van der Waals surface area contributed by atoms with Crippen molar-refractivity contribution in [3.63, 3.8) is 0 Å². The van der Waals surface area contributed by atoms with Gasteiger partial charge < -0.3 is 0 Å². The van der Waals surface area contributed by atoms with Crippen molar-refractivity contribution in [3.05, 3.63) is 0 Å². The molecule has 0 heterocycles. The van der Waals surface area contributed by atoms with E-state index >= 15 is 0 Å². The molecule has 0 aromatic rings. The minimum atomic E-state index is -5.84. The van der Waals surface area contributed by atoms with Crippen LogP contribution in [0.1, 0.15) is 39.5 Å². The van der Waals surface area contributed by atoms with Crippen molar-refractivity contribution in [2.75, 3.05) is 0 Å². The van der Waals surface area contributed by atoms with E-state index in [1.165, 1.54) is 25.7 Å². The Kier molecular flexibility index (Phi) is 15.4. The molecular formula is C12H20CuF6N2O6S2. The van der Waals surface area contributed by atoms with E-state index in [0.717, 1.165) is 0 Å². The zero-order valence-corrected chi connectivity index (χ0v) is 17.5. The van der Waals surface area contributed by atoms with Crippen molar-refractivity contribution in [2.24, 2.45) is 9.98 Å². The summed E-state index contributed by atoms with van der Waals surface area (Å²) in [5.74, 6) is 0. The van der Waals surface area contributed by atoms with Crippen LogP contribution in [0.5, 0.6) is 0 Å². The van der Waals surface area contributed by atoms with Gasteiger partial charge in [-0.25, -0.2) is 0 Å². The predicted octanol–water partition coefficient (Wildman–Crippen LogP) is 3.26. The van der Waals surface area contributed by atoms with Crippen LogP contribution in [0.2, 0.25) is 0 Å². The van der Waals surface area contributed by atoms with Crippen LogP contribution in [0.3, 0.4) is 0 Å². The molecule has 29 heavy (non-hydrogen) atoms. The van der Waals surface area contributed by atoms with Gasteiger partial charge in [0.2, 0.25) is 0 Å². The smallest absolute Gasteiger partial charge is 0.292 e. The average Bonchev–Trinajstić information content (AvgIpc) is 2.47. The fourth-order valence-corrected chi connectivity index (χ4v) is 1.82.